The van der Waals surface area contributed by atoms with E-state index in [9.17, 15) is 43.5 Å². The number of phenolic OH excluding ortho intramolecular Hbond substituents is 1. The Labute approximate surface area is 683 Å². The van der Waals surface area contributed by atoms with E-state index >= 15 is 14.4 Å². The minimum atomic E-state index is -1.45. The molecule has 0 fully saturated rings. The molecular weight excluding hydrogens is 1490 g/mol. The van der Waals surface area contributed by atoms with Crippen molar-refractivity contribution in [2.45, 2.75) is 267 Å². The molecule has 0 aliphatic carbocycles. The zero-order valence-corrected chi connectivity index (χ0v) is 68.4. The molecule has 116 heavy (non-hydrogen) atoms. The molecule has 4 rings (SSSR count). The topological polar surface area (TPSA) is 613 Å². The van der Waals surface area contributed by atoms with E-state index in [2.05, 4.69) is 58.5 Å². The van der Waals surface area contributed by atoms with Crippen LogP contribution in [0.1, 0.15) is 199 Å². The number of aromatic hydroxyl groups is 1. The number of phenols is 1. The Hall–Kier alpha value is -9.26. The second kappa shape index (κ2) is 56.9. The molecular formula is C82H138N22O12. The van der Waals surface area contributed by atoms with Crippen LogP contribution in [-0.2, 0) is 59.2 Å². The second-order valence-electron chi connectivity index (χ2n) is 30.4. The minimum Gasteiger partial charge on any atom is -0.508 e. The molecule has 0 spiro atoms. The predicted molar refractivity (Wildman–Crippen MR) is 453 cm³/mol. The van der Waals surface area contributed by atoms with Crippen LogP contribution in [0.2, 0.25) is 0 Å². The van der Waals surface area contributed by atoms with Crippen molar-refractivity contribution < 1.29 is 57.8 Å². The molecule has 0 saturated heterocycles. The lowest BCUT2D eigenvalue weighted by atomic mass is 10.00. The molecule has 34 heteroatoms. The monoisotopic (exact) mass is 1620 g/mol. The van der Waals surface area contributed by atoms with E-state index in [1.807, 2.05) is 62.4 Å². The van der Waals surface area contributed by atoms with E-state index < -0.39 is 131 Å². The van der Waals surface area contributed by atoms with Gasteiger partial charge in [-0.15, -0.1) is 0 Å². The number of hydrogen-bond acceptors (Lipinski definition) is 23. The molecule has 0 saturated carbocycles. The molecule has 0 bridgehead atoms. The molecule has 0 unspecified atom stereocenters. The molecule has 648 valence electrons. The van der Waals surface area contributed by atoms with E-state index in [0.29, 0.717) is 160 Å². The Kier molecular flexibility index (Phi) is 48.6. The highest BCUT2D eigenvalue weighted by molar-refractivity contribution is 6.07. The van der Waals surface area contributed by atoms with Crippen molar-refractivity contribution in [2.24, 2.45) is 63.3 Å². The van der Waals surface area contributed by atoms with E-state index in [0.717, 1.165) is 27.5 Å². The van der Waals surface area contributed by atoms with Crippen molar-refractivity contribution in [3.05, 3.63) is 78.4 Å². The molecule has 11 atom stereocenters. The zero-order valence-electron chi connectivity index (χ0n) is 68.4. The minimum absolute atomic E-state index is 0.00886. The standard InChI is InChI=1S/C82H138N22O12/c1-53(2)51-70(82(116)102-66(35-13-22-48-89)80(114)103-69(72(92)106)52-54-38-40-55(105)41-39-54)104-81(115)68(36-14-23-49-93-71-56-25-3-5-29-60(56)95-61-30-6-4-26-57(61)71)101-79(113)67(100-78(112)65(34-12-21-47-88)99-77(111)64(33-11-20-46-87)97-74(108)59(91)28-8-17-43-84)37-15-24-50-94-75(109)62(31-9-18-44-85)98-76(110)63(32-10-19-45-86)96-73(107)58(90)27-7-16-42-83/h3-6,25-26,29-30,38-41,53,58-59,62-70,105H,7-24,27-28,31-37,42-52,83-91H2,1-2H3,(H2,92,106)(H,93,95)(H,94,109)(H,96,107)(H,97,108)(H,98,110)(H,99,111)(H,100,112)(H,101,113)(H,102,116)(H,103,114)(H,104,115)/t58-,59-,62-,63-,64-,65-,66-,67-,68-,69-,70-/m0/s1. The van der Waals surface area contributed by atoms with Gasteiger partial charge in [-0.25, -0.2) is 4.98 Å². The third-order valence-corrected chi connectivity index (χ3v) is 20.2. The quantitative estimate of drug-likeness (QED) is 0.0213. The number of pyridine rings is 1. The smallest absolute Gasteiger partial charge is 0.243 e. The molecule has 4 aromatic rings. The average molecular weight is 1620 g/mol. The van der Waals surface area contributed by atoms with Crippen LogP contribution in [0.25, 0.3) is 21.8 Å². The lowest BCUT2D eigenvalue weighted by Crippen LogP contribution is -2.60. The van der Waals surface area contributed by atoms with E-state index in [1.165, 1.54) is 12.1 Å². The third-order valence-electron chi connectivity index (χ3n) is 20.2. The number of primary amides is 1. The Balaban J connectivity index is 1.78. The van der Waals surface area contributed by atoms with Crippen molar-refractivity contribution in [3.8, 4) is 5.75 Å². The highest BCUT2D eigenvalue weighted by Crippen LogP contribution is 2.31. The van der Waals surface area contributed by atoms with Gasteiger partial charge in [0.2, 0.25) is 65.0 Å². The van der Waals surface area contributed by atoms with Crippen LogP contribution in [0, 0.1) is 5.92 Å². The van der Waals surface area contributed by atoms with E-state index in [4.69, 9.17) is 62.3 Å². The number of para-hydroxylation sites is 2. The summed E-state index contributed by atoms with van der Waals surface area (Å²) in [6.45, 7) is 6.38. The van der Waals surface area contributed by atoms with Crippen molar-refractivity contribution >= 4 is 92.5 Å². The van der Waals surface area contributed by atoms with Crippen LogP contribution in [0.15, 0.2) is 72.8 Å². The van der Waals surface area contributed by atoms with Crippen molar-refractivity contribution in [2.75, 3.05) is 64.2 Å². The summed E-state index contributed by atoms with van der Waals surface area (Å²) in [5, 5.41) is 43.6. The summed E-state index contributed by atoms with van der Waals surface area (Å²) in [5.74, 6) is -7.94. The van der Waals surface area contributed by atoms with Crippen LogP contribution in [0.4, 0.5) is 5.69 Å². The first-order valence-electron chi connectivity index (χ1n) is 41.8. The van der Waals surface area contributed by atoms with Gasteiger partial charge in [-0.1, -0.05) is 75.2 Å². The number of carbonyl (C=O) groups is 11. The van der Waals surface area contributed by atoms with Crippen LogP contribution in [0.5, 0.6) is 5.75 Å². The number of carbonyl (C=O) groups excluding carboxylic acids is 11. The third kappa shape index (κ3) is 37.3. The molecule has 3 aromatic carbocycles. The molecule has 34 nitrogen and oxygen atoms in total. The number of benzene rings is 3. The maximum atomic E-state index is 15.5. The lowest BCUT2D eigenvalue weighted by Gasteiger charge is -2.29. The Morgan fingerprint density at radius 2 is 0.621 bits per heavy atom. The summed E-state index contributed by atoms with van der Waals surface area (Å²) in [6, 6.07) is 8.36. The largest absolute Gasteiger partial charge is 0.508 e. The fourth-order valence-electron chi connectivity index (χ4n) is 13.4. The molecule has 0 radical (unpaired) electrons. The molecule has 32 N–H and O–H groups in total. The number of unbranched alkanes of at least 4 members (excludes halogenated alkanes) is 9. The number of amides is 11. The summed E-state index contributed by atoms with van der Waals surface area (Å²) in [7, 11) is 0. The van der Waals surface area contributed by atoms with Crippen molar-refractivity contribution in [3.63, 3.8) is 0 Å². The Morgan fingerprint density at radius 1 is 0.336 bits per heavy atom. The van der Waals surface area contributed by atoms with E-state index in [1.54, 1.807) is 12.1 Å². The van der Waals surface area contributed by atoms with Gasteiger partial charge in [-0.3, -0.25) is 52.7 Å². The number of rotatable bonds is 63. The first kappa shape index (κ1) is 99.1. The normalized spacial score (nSPS) is 14.2. The van der Waals surface area contributed by atoms with Crippen LogP contribution >= 0.6 is 0 Å². The lowest BCUT2D eigenvalue weighted by molar-refractivity contribution is -0.136. The summed E-state index contributed by atoms with van der Waals surface area (Å²) >= 11 is 0. The molecule has 1 aromatic heterocycles. The number of nitrogens with zero attached hydrogens (tertiary/aromatic N) is 1. The van der Waals surface area contributed by atoms with Gasteiger partial charge in [0.25, 0.3) is 0 Å². The van der Waals surface area contributed by atoms with Gasteiger partial charge in [0.05, 0.1) is 28.8 Å². The fourth-order valence-corrected chi connectivity index (χ4v) is 13.4. The summed E-state index contributed by atoms with van der Waals surface area (Å²) in [6.07, 6.45) is 9.39. The van der Waals surface area contributed by atoms with Gasteiger partial charge in [0.1, 0.15) is 60.1 Å². The number of aromatic nitrogens is 1. The van der Waals surface area contributed by atoms with Crippen LogP contribution < -0.4 is 116 Å². The maximum Gasteiger partial charge on any atom is 0.243 e. The Bertz CT molecular complexity index is 3580. The summed E-state index contributed by atoms with van der Waals surface area (Å²) in [4.78, 5) is 163. The van der Waals surface area contributed by atoms with Crippen LogP contribution in [-0.4, -0.2) is 200 Å². The first-order valence-corrected chi connectivity index (χ1v) is 41.8. The number of nitrogens with one attached hydrogen (secondary N) is 11. The Morgan fingerprint density at radius 3 is 0.957 bits per heavy atom. The fraction of sp³-hybridized carbons (Fsp3) is 0.634. The van der Waals surface area contributed by atoms with Crippen molar-refractivity contribution in [1.82, 2.24) is 58.2 Å². The average Bonchev–Trinajstić information content (AvgIpc) is 0.778. The molecule has 11 amide bonds. The van der Waals surface area contributed by atoms with Gasteiger partial charge in [-0.05, 0) is 249 Å². The van der Waals surface area contributed by atoms with Gasteiger partial charge in [0, 0.05) is 30.3 Å². The van der Waals surface area contributed by atoms with Gasteiger partial charge in [-0.2, -0.15) is 0 Å². The number of hydrogen-bond donors (Lipinski definition) is 22. The summed E-state index contributed by atoms with van der Waals surface area (Å²) < 4.78 is 0. The number of nitrogens with two attached hydrogens (primary N) is 10. The van der Waals surface area contributed by atoms with Crippen molar-refractivity contribution in [1.29, 1.82) is 0 Å². The predicted octanol–water partition coefficient (Wildman–Crippen LogP) is 0.657. The highest BCUT2D eigenvalue weighted by atomic mass is 16.3. The van der Waals surface area contributed by atoms with Gasteiger partial charge >= 0.3 is 0 Å². The van der Waals surface area contributed by atoms with Crippen LogP contribution in [0.3, 0.4) is 0 Å². The highest BCUT2D eigenvalue weighted by Gasteiger charge is 2.36. The first-order chi connectivity index (χ1) is 55.8. The molecule has 1 heterocycles. The van der Waals surface area contributed by atoms with E-state index in [-0.39, 0.29) is 102 Å². The maximum absolute atomic E-state index is 15.5. The number of anilines is 1. The molecule has 0 aliphatic rings. The van der Waals surface area contributed by atoms with Gasteiger partial charge in [0.15, 0.2) is 0 Å². The summed E-state index contributed by atoms with van der Waals surface area (Å²) in [5.41, 5.74) is 62.1. The SMILES string of the molecule is CC(C)C[C@H](NC(=O)[C@H](CCCCNc1c2ccccc2nc2ccccc12)NC(=O)[C@H](CCCCNC(=O)[C@H](CCCCN)NC(=O)[C@H](CCCCN)NC(=O)[C@@H](N)CCCCN)NC(=O)[C@H](CCCCN)NC(=O)[C@H](CCCCN)NC(=O)[C@@H](N)CCCCN)C(=O)N[C@@H](CCCCN)C(=O)N[C@@H](Cc1ccc(O)cc1)C(N)=O. The second-order valence-corrected chi connectivity index (χ2v) is 30.4. The zero-order chi connectivity index (χ0) is 85.2. The molecule has 0 aliphatic heterocycles. The number of fused-ring (bicyclic) bond motifs is 2. The van der Waals surface area contributed by atoms with Gasteiger partial charge < -0.3 is 121 Å².